The number of carbonyl (C=O) groups is 2. The molecule has 25 heavy (non-hydrogen) atoms. The number of ether oxygens (including phenoxy) is 1. The van der Waals surface area contributed by atoms with E-state index < -0.39 is 6.10 Å². The molecular formula is C19H21ClN2O3. The van der Waals surface area contributed by atoms with Crippen molar-refractivity contribution in [1.82, 2.24) is 10.6 Å². The second kappa shape index (κ2) is 9.08. The van der Waals surface area contributed by atoms with E-state index in [0.717, 1.165) is 5.56 Å². The lowest BCUT2D eigenvalue weighted by Crippen LogP contribution is -2.36. The molecule has 0 aliphatic heterocycles. The van der Waals surface area contributed by atoms with Crippen molar-refractivity contribution in [3.63, 3.8) is 0 Å². The van der Waals surface area contributed by atoms with E-state index in [1.165, 1.54) is 0 Å². The smallest absolute Gasteiger partial charge is 0.261 e. The summed E-state index contributed by atoms with van der Waals surface area (Å²) in [6.45, 7) is 4.41. The van der Waals surface area contributed by atoms with Gasteiger partial charge in [-0.2, -0.15) is 0 Å². The van der Waals surface area contributed by atoms with Crippen LogP contribution >= 0.6 is 11.6 Å². The van der Waals surface area contributed by atoms with Crippen LogP contribution in [0, 0.1) is 0 Å². The average molecular weight is 361 g/mol. The van der Waals surface area contributed by atoms with E-state index in [9.17, 15) is 9.59 Å². The Labute approximate surface area is 152 Å². The Morgan fingerprint density at radius 3 is 2.60 bits per heavy atom. The number of benzene rings is 2. The van der Waals surface area contributed by atoms with E-state index in [4.69, 9.17) is 16.3 Å². The lowest BCUT2D eigenvalue weighted by Gasteiger charge is -2.15. The van der Waals surface area contributed by atoms with Crippen molar-refractivity contribution in [3.8, 4) is 5.75 Å². The molecule has 0 bridgehead atoms. The summed E-state index contributed by atoms with van der Waals surface area (Å²) in [4.78, 5) is 24.0. The molecule has 0 fully saturated rings. The first-order valence-corrected chi connectivity index (χ1v) is 8.44. The fourth-order valence-electron chi connectivity index (χ4n) is 2.22. The summed E-state index contributed by atoms with van der Waals surface area (Å²) in [6.07, 6.45) is -0.662. The molecule has 132 valence electrons. The van der Waals surface area contributed by atoms with Gasteiger partial charge >= 0.3 is 0 Å². The van der Waals surface area contributed by atoms with E-state index in [-0.39, 0.29) is 11.8 Å². The highest BCUT2D eigenvalue weighted by molar-refractivity contribution is 6.30. The summed E-state index contributed by atoms with van der Waals surface area (Å²) < 4.78 is 5.58. The molecule has 1 unspecified atom stereocenters. The molecule has 0 heterocycles. The molecular weight excluding hydrogens is 340 g/mol. The standard InChI is InChI=1S/C19H21ClN2O3/c1-3-21-19(24)15-7-4-6-14(10-15)12-22-18(23)13(2)25-17-9-5-8-16(20)11-17/h4-11,13H,3,12H2,1-2H3,(H,21,24)(H,22,23). The Bertz CT molecular complexity index is 749. The summed E-state index contributed by atoms with van der Waals surface area (Å²) in [5.74, 6) is 0.158. The first-order chi connectivity index (χ1) is 12.0. The number of carbonyl (C=O) groups excluding carboxylic acids is 2. The maximum absolute atomic E-state index is 12.2. The first kappa shape index (κ1) is 18.8. The van der Waals surface area contributed by atoms with Gasteiger partial charge in [0.25, 0.3) is 11.8 Å². The molecule has 0 spiro atoms. The third kappa shape index (κ3) is 5.80. The topological polar surface area (TPSA) is 67.4 Å². The second-order valence-electron chi connectivity index (χ2n) is 5.50. The van der Waals surface area contributed by atoms with Gasteiger partial charge in [0.2, 0.25) is 0 Å². The van der Waals surface area contributed by atoms with Crippen molar-refractivity contribution in [1.29, 1.82) is 0 Å². The number of hydrogen-bond acceptors (Lipinski definition) is 3. The molecule has 0 aliphatic carbocycles. The van der Waals surface area contributed by atoms with E-state index in [1.54, 1.807) is 49.4 Å². The summed E-state index contributed by atoms with van der Waals surface area (Å²) in [5, 5.41) is 6.10. The van der Waals surface area contributed by atoms with Crippen LogP contribution in [0.4, 0.5) is 0 Å². The third-order valence-electron chi connectivity index (χ3n) is 3.47. The predicted octanol–water partition coefficient (Wildman–Crippen LogP) is 3.17. The van der Waals surface area contributed by atoms with Gasteiger partial charge in [0, 0.05) is 23.7 Å². The number of hydrogen-bond donors (Lipinski definition) is 2. The van der Waals surface area contributed by atoms with Gasteiger partial charge in [0.05, 0.1) is 0 Å². The van der Waals surface area contributed by atoms with Crippen LogP contribution in [-0.2, 0) is 11.3 Å². The third-order valence-corrected chi connectivity index (χ3v) is 3.71. The normalized spacial score (nSPS) is 11.5. The largest absolute Gasteiger partial charge is 0.481 e. The summed E-state index contributed by atoms with van der Waals surface area (Å²) in [5.41, 5.74) is 1.41. The van der Waals surface area contributed by atoms with E-state index in [1.807, 2.05) is 13.0 Å². The zero-order valence-electron chi connectivity index (χ0n) is 14.2. The van der Waals surface area contributed by atoms with Crippen molar-refractivity contribution < 1.29 is 14.3 Å². The lowest BCUT2D eigenvalue weighted by molar-refractivity contribution is -0.127. The van der Waals surface area contributed by atoms with Crippen LogP contribution in [0.1, 0.15) is 29.8 Å². The van der Waals surface area contributed by atoms with Crippen molar-refractivity contribution in [2.24, 2.45) is 0 Å². The number of rotatable bonds is 7. The second-order valence-corrected chi connectivity index (χ2v) is 5.93. The van der Waals surface area contributed by atoms with Gasteiger partial charge < -0.3 is 15.4 Å². The van der Waals surface area contributed by atoms with Crippen molar-refractivity contribution >= 4 is 23.4 Å². The van der Waals surface area contributed by atoms with Crippen LogP contribution in [0.15, 0.2) is 48.5 Å². The van der Waals surface area contributed by atoms with Gasteiger partial charge in [0.1, 0.15) is 5.75 Å². The van der Waals surface area contributed by atoms with E-state index in [0.29, 0.717) is 29.4 Å². The van der Waals surface area contributed by atoms with Gasteiger partial charge in [0.15, 0.2) is 6.10 Å². The summed E-state index contributed by atoms with van der Waals surface area (Å²) >= 11 is 5.90. The highest BCUT2D eigenvalue weighted by Gasteiger charge is 2.14. The van der Waals surface area contributed by atoms with Crippen LogP contribution in [0.5, 0.6) is 5.75 Å². The number of nitrogens with one attached hydrogen (secondary N) is 2. The monoisotopic (exact) mass is 360 g/mol. The molecule has 1 atom stereocenters. The van der Waals surface area contributed by atoms with Crippen molar-refractivity contribution in [2.45, 2.75) is 26.5 Å². The zero-order chi connectivity index (χ0) is 18.2. The minimum Gasteiger partial charge on any atom is -0.481 e. The fourth-order valence-corrected chi connectivity index (χ4v) is 2.40. The Balaban J connectivity index is 1.91. The molecule has 0 aliphatic rings. The van der Waals surface area contributed by atoms with Crippen LogP contribution in [-0.4, -0.2) is 24.5 Å². The van der Waals surface area contributed by atoms with Crippen molar-refractivity contribution in [3.05, 3.63) is 64.7 Å². The molecule has 0 aromatic heterocycles. The molecule has 5 nitrogen and oxygen atoms in total. The minimum absolute atomic E-state index is 0.131. The maximum atomic E-state index is 12.2. The summed E-state index contributed by atoms with van der Waals surface area (Å²) in [7, 11) is 0. The van der Waals surface area contributed by atoms with Crippen molar-refractivity contribution in [2.75, 3.05) is 6.54 Å². The first-order valence-electron chi connectivity index (χ1n) is 8.06. The molecule has 0 saturated carbocycles. The highest BCUT2D eigenvalue weighted by atomic mass is 35.5. The SMILES string of the molecule is CCNC(=O)c1cccc(CNC(=O)C(C)Oc2cccc(Cl)c2)c1. The van der Waals surface area contributed by atoms with Gasteiger partial charge in [-0.3, -0.25) is 9.59 Å². The molecule has 0 radical (unpaired) electrons. The Morgan fingerprint density at radius 2 is 1.88 bits per heavy atom. The zero-order valence-corrected chi connectivity index (χ0v) is 15.0. The molecule has 6 heteroatoms. The van der Waals surface area contributed by atoms with E-state index in [2.05, 4.69) is 10.6 Å². The molecule has 2 rings (SSSR count). The Hall–Kier alpha value is -2.53. The van der Waals surface area contributed by atoms with Crippen LogP contribution < -0.4 is 15.4 Å². The summed E-state index contributed by atoms with van der Waals surface area (Å²) in [6, 6.07) is 14.0. The van der Waals surface area contributed by atoms with Gasteiger partial charge in [-0.1, -0.05) is 29.8 Å². The fraction of sp³-hybridized carbons (Fsp3) is 0.263. The molecule has 2 N–H and O–H groups in total. The predicted molar refractivity (Wildman–Crippen MR) is 97.8 cm³/mol. The van der Waals surface area contributed by atoms with Gasteiger partial charge in [-0.05, 0) is 49.7 Å². The molecule has 2 aromatic carbocycles. The van der Waals surface area contributed by atoms with Crippen LogP contribution in [0.3, 0.4) is 0 Å². The average Bonchev–Trinajstić information content (AvgIpc) is 2.60. The molecule has 0 saturated heterocycles. The van der Waals surface area contributed by atoms with Crippen LogP contribution in [0.25, 0.3) is 0 Å². The van der Waals surface area contributed by atoms with E-state index >= 15 is 0 Å². The highest BCUT2D eigenvalue weighted by Crippen LogP contribution is 2.18. The molecule has 2 amide bonds. The van der Waals surface area contributed by atoms with Crippen LogP contribution in [0.2, 0.25) is 5.02 Å². The van der Waals surface area contributed by atoms with Gasteiger partial charge in [-0.15, -0.1) is 0 Å². The maximum Gasteiger partial charge on any atom is 0.261 e. The lowest BCUT2D eigenvalue weighted by atomic mass is 10.1. The van der Waals surface area contributed by atoms with Gasteiger partial charge in [-0.25, -0.2) is 0 Å². The molecule has 2 aromatic rings. The minimum atomic E-state index is -0.662. The number of halogens is 1. The number of amides is 2. The Kier molecular flexibility index (Phi) is 6.83. The Morgan fingerprint density at radius 1 is 1.12 bits per heavy atom. The quantitative estimate of drug-likeness (QED) is 0.797.